The molecule has 3 heteroatoms. The van der Waals surface area contributed by atoms with E-state index in [0.29, 0.717) is 11.3 Å². The zero-order valence-corrected chi connectivity index (χ0v) is 9.59. The van der Waals surface area contributed by atoms with Gasteiger partial charge in [-0.3, -0.25) is 0 Å². The van der Waals surface area contributed by atoms with Gasteiger partial charge in [0.2, 0.25) is 0 Å². The molecular formula is C12H16O3. The number of esters is 1. The van der Waals surface area contributed by atoms with E-state index in [4.69, 9.17) is 9.47 Å². The molecule has 0 radical (unpaired) electrons. The largest absolute Gasteiger partial charge is 0.496 e. The van der Waals surface area contributed by atoms with E-state index in [1.165, 1.54) is 7.11 Å². The maximum atomic E-state index is 11.5. The Kier molecular flexibility index (Phi) is 3.72. The number of rotatable bonds is 3. The molecule has 0 spiro atoms. The first-order chi connectivity index (χ1) is 7.13. The van der Waals surface area contributed by atoms with Crippen molar-refractivity contribution < 1.29 is 14.3 Å². The van der Waals surface area contributed by atoms with Crippen molar-refractivity contribution >= 4 is 5.97 Å². The first-order valence-corrected chi connectivity index (χ1v) is 4.89. The van der Waals surface area contributed by atoms with Crippen molar-refractivity contribution in [1.82, 2.24) is 0 Å². The summed E-state index contributed by atoms with van der Waals surface area (Å²) in [6.45, 7) is 3.98. The van der Waals surface area contributed by atoms with Crippen LogP contribution < -0.4 is 4.74 Å². The Balaban J connectivity index is 3.35. The fourth-order valence-electron chi connectivity index (χ4n) is 1.61. The normalized spacial score (nSPS) is 9.87. The van der Waals surface area contributed by atoms with Gasteiger partial charge in [-0.2, -0.15) is 0 Å². The molecule has 0 bridgehead atoms. The van der Waals surface area contributed by atoms with Gasteiger partial charge >= 0.3 is 5.97 Å². The quantitative estimate of drug-likeness (QED) is 0.715. The smallest absolute Gasteiger partial charge is 0.341 e. The first kappa shape index (κ1) is 11.6. The van der Waals surface area contributed by atoms with Gasteiger partial charge in [0.15, 0.2) is 0 Å². The molecular weight excluding hydrogens is 192 g/mol. The standard InChI is InChI=1S/C12H16O3/c1-5-9-6-8(2)7-10(11(9)14-3)12(13)15-4/h6-7H,5H2,1-4H3. The lowest BCUT2D eigenvalue weighted by Gasteiger charge is -2.12. The molecule has 1 aromatic rings. The molecule has 82 valence electrons. The Bertz CT molecular complexity index is 369. The summed E-state index contributed by atoms with van der Waals surface area (Å²) in [7, 11) is 2.94. The van der Waals surface area contributed by atoms with Crippen LogP contribution >= 0.6 is 0 Å². The molecule has 3 nitrogen and oxygen atoms in total. The summed E-state index contributed by atoms with van der Waals surface area (Å²) < 4.78 is 9.96. The average Bonchev–Trinajstić information content (AvgIpc) is 2.26. The third-order valence-corrected chi connectivity index (χ3v) is 2.30. The second-order valence-electron chi connectivity index (χ2n) is 3.35. The maximum Gasteiger partial charge on any atom is 0.341 e. The van der Waals surface area contributed by atoms with Gasteiger partial charge in [-0.05, 0) is 30.5 Å². The Hall–Kier alpha value is -1.51. The lowest BCUT2D eigenvalue weighted by atomic mass is 10.0. The SMILES string of the molecule is CCc1cc(C)cc(C(=O)OC)c1OC. The van der Waals surface area contributed by atoms with Crippen LogP contribution in [0.4, 0.5) is 0 Å². The van der Waals surface area contributed by atoms with E-state index in [1.807, 2.05) is 19.9 Å². The van der Waals surface area contributed by atoms with Gasteiger partial charge in [-0.1, -0.05) is 13.0 Å². The zero-order valence-electron chi connectivity index (χ0n) is 9.59. The maximum absolute atomic E-state index is 11.5. The minimum atomic E-state index is -0.356. The topological polar surface area (TPSA) is 35.5 Å². The van der Waals surface area contributed by atoms with Crippen LogP contribution in [-0.4, -0.2) is 20.2 Å². The average molecular weight is 208 g/mol. The fraction of sp³-hybridized carbons (Fsp3) is 0.417. The minimum absolute atomic E-state index is 0.356. The molecule has 0 N–H and O–H groups in total. The van der Waals surface area contributed by atoms with E-state index >= 15 is 0 Å². The predicted molar refractivity (Wildman–Crippen MR) is 58.4 cm³/mol. The number of benzene rings is 1. The summed E-state index contributed by atoms with van der Waals surface area (Å²) in [5.74, 6) is 0.264. The Morgan fingerprint density at radius 2 is 2.00 bits per heavy atom. The molecule has 15 heavy (non-hydrogen) atoms. The summed E-state index contributed by atoms with van der Waals surface area (Å²) in [6.07, 6.45) is 0.828. The Morgan fingerprint density at radius 3 is 2.47 bits per heavy atom. The molecule has 0 aliphatic heterocycles. The van der Waals surface area contributed by atoms with Gasteiger partial charge in [0.1, 0.15) is 11.3 Å². The summed E-state index contributed by atoms with van der Waals surface area (Å²) in [6, 6.07) is 3.80. The van der Waals surface area contributed by atoms with Crippen LogP contribution in [-0.2, 0) is 11.2 Å². The highest BCUT2D eigenvalue weighted by atomic mass is 16.5. The highest BCUT2D eigenvalue weighted by Gasteiger charge is 2.16. The molecule has 0 unspecified atom stereocenters. The molecule has 0 atom stereocenters. The van der Waals surface area contributed by atoms with Crippen molar-refractivity contribution in [3.05, 3.63) is 28.8 Å². The van der Waals surface area contributed by atoms with E-state index in [9.17, 15) is 4.79 Å². The predicted octanol–water partition coefficient (Wildman–Crippen LogP) is 2.35. The van der Waals surface area contributed by atoms with Crippen molar-refractivity contribution in [3.8, 4) is 5.75 Å². The van der Waals surface area contributed by atoms with Crippen molar-refractivity contribution in [1.29, 1.82) is 0 Å². The zero-order chi connectivity index (χ0) is 11.4. The molecule has 0 heterocycles. The lowest BCUT2D eigenvalue weighted by Crippen LogP contribution is -2.06. The van der Waals surface area contributed by atoms with Crippen LogP contribution in [0.25, 0.3) is 0 Å². The van der Waals surface area contributed by atoms with E-state index in [0.717, 1.165) is 17.5 Å². The summed E-state index contributed by atoms with van der Waals surface area (Å²) in [5, 5.41) is 0. The molecule has 0 aromatic heterocycles. The van der Waals surface area contributed by atoms with Crippen LogP contribution in [0.1, 0.15) is 28.4 Å². The summed E-state index contributed by atoms with van der Waals surface area (Å²) in [5.41, 5.74) is 2.56. The van der Waals surface area contributed by atoms with E-state index in [-0.39, 0.29) is 5.97 Å². The van der Waals surface area contributed by atoms with Crippen LogP contribution in [0.5, 0.6) is 5.75 Å². The molecule has 0 aliphatic carbocycles. The number of aryl methyl sites for hydroxylation is 2. The molecule has 0 fully saturated rings. The number of methoxy groups -OCH3 is 2. The van der Waals surface area contributed by atoms with Crippen molar-refractivity contribution in [2.75, 3.05) is 14.2 Å². The Labute approximate surface area is 90.0 Å². The van der Waals surface area contributed by atoms with E-state index < -0.39 is 0 Å². The number of hydrogen-bond donors (Lipinski definition) is 0. The Morgan fingerprint density at radius 1 is 1.33 bits per heavy atom. The van der Waals surface area contributed by atoms with Crippen molar-refractivity contribution in [2.24, 2.45) is 0 Å². The van der Waals surface area contributed by atoms with E-state index in [2.05, 4.69) is 0 Å². The third-order valence-electron chi connectivity index (χ3n) is 2.30. The molecule has 0 saturated carbocycles. The second kappa shape index (κ2) is 4.82. The van der Waals surface area contributed by atoms with Gasteiger partial charge < -0.3 is 9.47 Å². The minimum Gasteiger partial charge on any atom is -0.496 e. The first-order valence-electron chi connectivity index (χ1n) is 4.89. The van der Waals surface area contributed by atoms with Gasteiger partial charge in [-0.25, -0.2) is 4.79 Å². The van der Waals surface area contributed by atoms with Gasteiger partial charge in [0.25, 0.3) is 0 Å². The fourth-order valence-corrected chi connectivity index (χ4v) is 1.61. The van der Waals surface area contributed by atoms with Crippen molar-refractivity contribution in [2.45, 2.75) is 20.3 Å². The summed E-state index contributed by atoms with van der Waals surface area (Å²) in [4.78, 5) is 11.5. The number of carbonyl (C=O) groups excluding carboxylic acids is 1. The monoisotopic (exact) mass is 208 g/mol. The van der Waals surface area contributed by atoms with Crippen LogP contribution in [0, 0.1) is 6.92 Å². The highest BCUT2D eigenvalue weighted by molar-refractivity contribution is 5.93. The number of carbonyl (C=O) groups is 1. The number of ether oxygens (including phenoxy) is 2. The van der Waals surface area contributed by atoms with Gasteiger partial charge in [0, 0.05) is 0 Å². The summed E-state index contributed by atoms with van der Waals surface area (Å²) >= 11 is 0. The van der Waals surface area contributed by atoms with Crippen LogP contribution in [0.3, 0.4) is 0 Å². The molecule has 0 amide bonds. The molecule has 1 rings (SSSR count). The van der Waals surface area contributed by atoms with Crippen molar-refractivity contribution in [3.63, 3.8) is 0 Å². The molecule has 0 saturated heterocycles. The van der Waals surface area contributed by atoms with Gasteiger partial charge in [-0.15, -0.1) is 0 Å². The molecule has 0 aliphatic rings. The second-order valence-corrected chi connectivity index (χ2v) is 3.35. The third kappa shape index (κ3) is 2.29. The van der Waals surface area contributed by atoms with Gasteiger partial charge in [0.05, 0.1) is 14.2 Å². The number of hydrogen-bond acceptors (Lipinski definition) is 3. The van der Waals surface area contributed by atoms with E-state index in [1.54, 1.807) is 13.2 Å². The molecule has 1 aromatic carbocycles. The lowest BCUT2D eigenvalue weighted by molar-refractivity contribution is 0.0597. The highest BCUT2D eigenvalue weighted by Crippen LogP contribution is 2.26. The van der Waals surface area contributed by atoms with Crippen LogP contribution in [0.15, 0.2) is 12.1 Å². The van der Waals surface area contributed by atoms with Crippen LogP contribution in [0.2, 0.25) is 0 Å².